The first-order chi connectivity index (χ1) is 4.62. The van der Waals surface area contributed by atoms with Crippen LogP contribution in [-0.2, 0) is 9.39 Å². The quantitative estimate of drug-likeness (QED) is 0.264. The van der Waals surface area contributed by atoms with E-state index in [0.29, 0.717) is 13.0 Å². The maximum Gasteiger partial charge on any atom is 0.261 e. The van der Waals surface area contributed by atoms with Gasteiger partial charge in [-0.2, -0.15) is 0 Å². The van der Waals surface area contributed by atoms with Crippen molar-refractivity contribution < 1.29 is 14.5 Å². The number of ether oxygens (including phenoxy) is 1. The van der Waals surface area contributed by atoms with E-state index in [1.165, 1.54) is 0 Å². The Labute approximate surface area is 66.7 Å². The van der Waals surface area contributed by atoms with E-state index in [1.807, 2.05) is 0 Å². The van der Waals surface area contributed by atoms with E-state index in [0.717, 1.165) is 0 Å². The summed E-state index contributed by atoms with van der Waals surface area (Å²) in [5, 5.41) is 7.72. The summed E-state index contributed by atoms with van der Waals surface area (Å²) in [4.78, 5) is 0. The van der Waals surface area contributed by atoms with Gasteiger partial charge in [0.1, 0.15) is 0 Å². The molecule has 1 N–H and O–H groups in total. The van der Waals surface area contributed by atoms with Gasteiger partial charge in [0.05, 0.1) is 6.61 Å². The third-order valence-electron chi connectivity index (χ3n) is 0.949. The topological polar surface area (TPSA) is 38.7 Å². The Balaban J connectivity index is 3.28. The van der Waals surface area contributed by atoms with Crippen molar-refractivity contribution in [3.05, 3.63) is 0 Å². The molecule has 0 rings (SSSR count). The number of aliphatic hydroxyl groups excluding tert-OH is 1. The second-order valence-electron chi connectivity index (χ2n) is 1.85. The average molecular weight is 182 g/mol. The van der Waals surface area contributed by atoms with Gasteiger partial charge in [0.25, 0.3) is 8.05 Å². The van der Waals surface area contributed by atoms with Gasteiger partial charge in [-0.05, 0) is 6.42 Å². The summed E-state index contributed by atoms with van der Waals surface area (Å²) >= 11 is 0. The zero-order valence-corrected chi connectivity index (χ0v) is 8.35. The van der Waals surface area contributed by atoms with Crippen LogP contribution in [0.25, 0.3) is 0 Å². The number of hydrogen-bond donors (Lipinski definition) is 1. The van der Waals surface area contributed by atoms with Crippen molar-refractivity contribution >= 4 is 26.5 Å². The molecule has 0 aromatic carbocycles. The first-order valence-electron chi connectivity index (χ1n) is 3.00. The van der Waals surface area contributed by atoms with Crippen molar-refractivity contribution in [2.75, 3.05) is 13.2 Å². The van der Waals surface area contributed by atoms with Crippen molar-refractivity contribution in [3.8, 4) is 0 Å². The van der Waals surface area contributed by atoms with Gasteiger partial charge in [-0.25, -0.2) is 0 Å². The van der Waals surface area contributed by atoms with Gasteiger partial charge in [0, 0.05) is 6.61 Å². The Bertz CT molecular complexity index is 90.6. The fourth-order valence-corrected chi connectivity index (χ4v) is 0.591. The Morgan fingerprint density at radius 3 is 2.50 bits per heavy atom. The third kappa shape index (κ3) is 5.58. The van der Waals surface area contributed by atoms with E-state index in [2.05, 4.69) is 18.5 Å². The summed E-state index contributed by atoms with van der Waals surface area (Å²) in [5.41, 5.74) is 0. The highest BCUT2D eigenvalue weighted by molar-refractivity contribution is 7.39. The van der Waals surface area contributed by atoms with Crippen molar-refractivity contribution in [1.29, 1.82) is 0 Å². The normalized spacial score (nSPS) is 11.9. The molecular weight excluding hydrogens is 169 g/mol. The monoisotopic (exact) mass is 182 g/mol. The number of aliphatic hydroxyl groups is 1. The van der Waals surface area contributed by atoms with Crippen LogP contribution in [0, 0.1) is 0 Å². The largest absolute Gasteiger partial charge is 0.413 e. The molecule has 0 fully saturated rings. The van der Waals surface area contributed by atoms with Crippen LogP contribution in [0.1, 0.15) is 6.42 Å². The second-order valence-corrected chi connectivity index (χ2v) is 4.13. The molecule has 2 unspecified atom stereocenters. The maximum atomic E-state index is 8.40. The predicted octanol–water partition coefficient (Wildman–Crippen LogP) is -0.688. The summed E-state index contributed by atoms with van der Waals surface area (Å²) in [6, 6.07) is 0. The molecule has 0 bridgehead atoms. The van der Waals surface area contributed by atoms with Crippen LogP contribution >= 0.6 is 18.5 Å². The molecule has 60 valence electrons. The van der Waals surface area contributed by atoms with Crippen molar-refractivity contribution in [3.63, 3.8) is 0 Å². The summed E-state index contributed by atoms with van der Waals surface area (Å²) in [5.74, 6) is 0. The van der Waals surface area contributed by atoms with Gasteiger partial charge in [-0.3, -0.25) is 0 Å². The summed E-state index contributed by atoms with van der Waals surface area (Å²) in [6.45, 7) is 0.645. The minimum Gasteiger partial charge on any atom is -0.413 e. The van der Waals surface area contributed by atoms with Crippen LogP contribution in [0.5, 0.6) is 0 Å². The molecule has 0 aromatic rings. The van der Waals surface area contributed by atoms with E-state index >= 15 is 0 Å². The average Bonchev–Trinajstić information content (AvgIpc) is 1.89. The first-order valence-corrected chi connectivity index (χ1v) is 4.15. The van der Waals surface area contributed by atoms with Gasteiger partial charge in [-0.15, -0.1) is 0 Å². The first kappa shape index (κ1) is 10.8. The maximum absolute atomic E-state index is 8.40. The SMILES string of the molecule is BOC(P)(P)OCCCO. The van der Waals surface area contributed by atoms with Gasteiger partial charge < -0.3 is 14.5 Å². The Kier molecular flexibility index (Phi) is 5.89. The lowest BCUT2D eigenvalue weighted by molar-refractivity contribution is -0.0441. The van der Waals surface area contributed by atoms with Crippen molar-refractivity contribution in [2.45, 2.75) is 11.7 Å². The highest BCUT2D eigenvalue weighted by Gasteiger charge is 2.14. The molecule has 0 aromatic heterocycles. The molecule has 0 saturated carbocycles. The molecule has 0 aliphatic rings. The van der Waals surface area contributed by atoms with Gasteiger partial charge in [0.2, 0.25) is 0 Å². The molecule has 3 nitrogen and oxygen atoms in total. The minimum atomic E-state index is -0.685. The lowest BCUT2D eigenvalue weighted by Crippen LogP contribution is -2.20. The van der Waals surface area contributed by atoms with Crippen LogP contribution in [-0.4, -0.2) is 31.6 Å². The smallest absolute Gasteiger partial charge is 0.261 e. The zero-order chi connectivity index (χ0) is 8.04. The molecule has 0 spiro atoms. The van der Waals surface area contributed by atoms with Gasteiger partial charge in [-0.1, -0.05) is 18.5 Å². The summed E-state index contributed by atoms with van der Waals surface area (Å²) < 4.78 is 10.1. The summed E-state index contributed by atoms with van der Waals surface area (Å²) in [7, 11) is 6.35. The second kappa shape index (κ2) is 5.45. The Hall–Kier alpha value is 0.805. The molecule has 2 atom stereocenters. The number of hydrogen-bond acceptors (Lipinski definition) is 3. The van der Waals surface area contributed by atoms with Crippen LogP contribution < -0.4 is 0 Å². The highest BCUT2D eigenvalue weighted by atomic mass is 31.1. The predicted molar refractivity (Wildman–Crippen MR) is 49.4 cm³/mol. The van der Waals surface area contributed by atoms with Gasteiger partial charge in [0.15, 0.2) is 5.27 Å². The minimum absolute atomic E-state index is 0.148. The lowest BCUT2D eigenvalue weighted by atomic mass is 10.5. The molecule has 0 amide bonds. The van der Waals surface area contributed by atoms with Crippen LogP contribution in [0.2, 0.25) is 0 Å². The standard InChI is InChI=1S/C4H13BO3P2/c5-8-4(9,10)7-3-1-2-6/h6H,1-3,5,9-10H2. The third-order valence-corrected chi connectivity index (χ3v) is 1.75. The van der Waals surface area contributed by atoms with Crippen LogP contribution in [0.4, 0.5) is 0 Å². The van der Waals surface area contributed by atoms with E-state index in [4.69, 9.17) is 14.5 Å². The fourth-order valence-electron chi connectivity index (χ4n) is 0.355. The van der Waals surface area contributed by atoms with E-state index in [9.17, 15) is 0 Å². The van der Waals surface area contributed by atoms with Crippen molar-refractivity contribution in [1.82, 2.24) is 0 Å². The summed E-state index contributed by atoms with van der Waals surface area (Å²) in [6.07, 6.45) is 0.633. The molecule has 0 aliphatic heterocycles. The molecule has 0 heterocycles. The van der Waals surface area contributed by atoms with E-state index in [-0.39, 0.29) is 6.61 Å². The van der Waals surface area contributed by atoms with Crippen molar-refractivity contribution in [2.24, 2.45) is 0 Å². The van der Waals surface area contributed by atoms with Crippen LogP contribution in [0.15, 0.2) is 0 Å². The van der Waals surface area contributed by atoms with Gasteiger partial charge >= 0.3 is 0 Å². The molecule has 0 saturated heterocycles. The fraction of sp³-hybridized carbons (Fsp3) is 1.00. The molecule has 0 radical (unpaired) electrons. The molecule has 6 heteroatoms. The van der Waals surface area contributed by atoms with Crippen LogP contribution in [0.3, 0.4) is 0 Å². The molecular formula is C4H13BO3P2. The highest BCUT2D eigenvalue weighted by Crippen LogP contribution is 2.28. The van der Waals surface area contributed by atoms with E-state index < -0.39 is 5.27 Å². The van der Waals surface area contributed by atoms with E-state index in [1.54, 1.807) is 8.05 Å². The zero-order valence-electron chi connectivity index (χ0n) is 6.04. The molecule has 10 heavy (non-hydrogen) atoms. The number of rotatable bonds is 5. The Morgan fingerprint density at radius 2 is 2.10 bits per heavy atom. The molecule has 0 aliphatic carbocycles. The Morgan fingerprint density at radius 1 is 1.50 bits per heavy atom. The lowest BCUT2D eigenvalue weighted by Gasteiger charge is -2.23.